The molecule has 0 radical (unpaired) electrons. The van der Waals surface area contributed by atoms with Crippen LogP contribution < -0.4 is 0 Å². The SMILES string of the molecule is C[N+]1(C)CCCC1S(=O)(=O)[O-]. The van der Waals surface area contributed by atoms with Crippen LogP contribution in [0.25, 0.3) is 0 Å². The van der Waals surface area contributed by atoms with E-state index in [1.165, 1.54) is 0 Å². The van der Waals surface area contributed by atoms with Gasteiger partial charge >= 0.3 is 0 Å². The molecule has 66 valence electrons. The summed E-state index contributed by atoms with van der Waals surface area (Å²) < 4.78 is 32.4. The van der Waals surface area contributed by atoms with E-state index in [2.05, 4.69) is 0 Å². The van der Waals surface area contributed by atoms with Gasteiger partial charge in [-0.3, -0.25) is 0 Å². The van der Waals surface area contributed by atoms with Gasteiger partial charge in [-0.2, -0.15) is 0 Å². The van der Waals surface area contributed by atoms with E-state index in [0.29, 0.717) is 10.9 Å². The summed E-state index contributed by atoms with van der Waals surface area (Å²) in [6.45, 7) is 0.784. The fraction of sp³-hybridized carbons (Fsp3) is 1.00. The molecule has 1 atom stereocenters. The van der Waals surface area contributed by atoms with E-state index in [4.69, 9.17) is 0 Å². The van der Waals surface area contributed by atoms with Gasteiger partial charge in [-0.1, -0.05) is 0 Å². The monoisotopic (exact) mass is 179 g/mol. The van der Waals surface area contributed by atoms with Crippen LogP contribution in [0, 0.1) is 0 Å². The van der Waals surface area contributed by atoms with Crippen LogP contribution in [0.2, 0.25) is 0 Å². The standard InChI is InChI=1S/C6H13NO3S/c1-7(2)5-3-4-6(7)11(8,9)10/h6H,3-5H2,1-2H3. The van der Waals surface area contributed by atoms with Crippen molar-refractivity contribution in [2.75, 3.05) is 20.6 Å². The van der Waals surface area contributed by atoms with E-state index >= 15 is 0 Å². The third-order valence-corrected chi connectivity index (χ3v) is 3.77. The number of likely N-dealkylation sites (tertiary alicyclic amines) is 1. The number of hydrogen-bond acceptors (Lipinski definition) is 3. The Balaban J connectivity index is 2.91. The van der Waals surface area contributed by atoms with Crippen LogP contribution in [0.15, 0.2) is 0 Å². The average Bonchev–Trinajstić information content (AvgIpc) is 2.06. The minimum atomic E-state index is -4.09. The van der Waals surface area contributed by atoms with Gasteiger partial charge in [-0.05, 0) is 0 Å². The molecule has 0 N–H and O–H groups in total. The van der Waals surface area contributed by atoms with Crippen LogP contribution in [0.4, 0.5) is 0 Å². The van der Waals surface area contributed by atoms with E-state index in [0.717, 1.165) is 13.0 Å². The van der Waals surface area contributed by atoms with Crippen LogP contribution in [-0.4, -0.2) is 43.5 Å². The lowest BCUT2D eigenvalue weighted by atomic mass is 10.4. The summed E-state index contributed by atoms with van der Waals surface area (Å²) in [5, 5.41) is -0.720. The molecule has 0 aromatic heterocycles. The number of hydrogen-bond donors (Lipinski definition) is 0. The van der Waals surface area contributed by atoms with Crippen LogP contribution in [0.1, 0.15) is 12.8 Å². The molecule has 0 aromatic carbocycles. The summed E-state index contributed by atoms with van der Waals surface area (Å²) in [7, 11) is -0.518. The van der Waals surface area contributed by atoms with Gasteiger partial charge < -0.3 is 9.04 Å². The lowest BCUT2D eigenvalue weighted by Gasteiger charge is -2.32. The largest absolute Gasteiger partial charge is 0.743 e. The molecule has 11 heavy (non-hydrogen) atoms. The lowest BCUT2D eigenvalue weighted by molar-refractivity contribution is -0.888. The van der Waals surface area contributed by atoms with Crippen molar-refractivity contribution in [1.82, 2.24) is 0 Å². The molecule has 0 bridgehead atoms. The molecule has 0 aromatic rings. The summed E-state index contributed by atoms with van der Waals surface area (Å²) >= 11 is 0. The van der Waals surface area contributed by atoms with Crippen molar-refractivity contribution in [2.24, 2.45) is 0 Å². The third-order valence-electron chi connectivity index (χ3n) is 2.30. The van der Waals surface area contributed by atoms with E-state index in [-0.39, 0.29) is 0 Å². The highest BCUT2D eigenvalue weighted by Crippen LogP contribution is 2.25. The first-order chi connectivity index (χ1) is 4.84. The van der Waals surface area contributed by atoms with Crippen molar-refractivity contribution >= 4 is 10.1 Å². The van der Waals surface area contributed by atoms with Crippen molar-refractivity contribution < 1.29 is 17.5 Å². The smallest absolute Gasteiger partial charge is 0.178 e. The van der Waals surface area contributed by atoms with Crippen molar-refractivity contribution in [3.63, 3.8) is 0 Å². The zero-order valence-corrected chi connectivity index (χ0v) is 7.60. The Morgan fingerprint density at radius 3 is 2.18 bits per heavy atom. The van der Waals surface area contributed by atoms with Gasteiger partial charge in [0, 0.05) is 12.8 Å². The summed E-state index contributed by atoms with van der Waals surface area (Å²) in [4.78, 5) is 0. The summed E-state index contributed by atoms with van der Waals surface area (Å²) in [6, 6.07) is 0. The van der Waals surface area contributed by atoms with E-state index < -0.39 is 15.5 Å². The molecule has 4 nitrogen and oxygen atoms in total. The molecule has 1 aliphatic heterocycles. The highest BCUT2D eigenvalue weighted by atomic mass is 32.2. The second kappa shape index (κ2) is 2.43. The van der Waals surface area contributed by atoms with Gasteiger partial charge in [0.2, 0.25) is 0 Å². The Labute approximate surface area is 67.2 Å². The number of nitrogens with zero attached hydrogens (tertiary/aromatic N) is 1. The van der Waals surface area contributed by atoms with Gasteiger partial charge in [0.1, 0.15) is 10.1 Å². The van der Waals surface area contributed by atoms with Crippen LogP contribution in [0.3, 0.4) is 0 Å². The lowest BCUT2D eigenvalue weighted by Crippen LogP contribution is -2.47. The predicted molar refractivity (Wildman–Crippen MR) is 39.7 cm³/mol. The summed E-state index contributed by atoms with van der Waals surface area (Å²) in [5.74, 6) is 0. The first-order valence-corrected chi connectivity index (χ1v) is 5.08. The first kappa shape index (κ1) is 8.96. The molecule has 0 saturated carbocycles. The van der Waals surface area contributed by atoms with Crippen molar-refractivity contribution in [2.45, 2.75) is 18.2 Å². The van der Waals surface area contributed by atoms with Crippen molar-refractivity contribution in [1.29, 1.82) is 0 Å². The molecule has 1 heterocycles. The fourth-order valence-corrected chi connectivity index (χ4v) is 2.92. The van der Waals surface area contributed by atoms with Crippen LogP contribution >= 0.6 is 0 Å². The Morgan fingerprint density at radius 2 is 2.00 bits per heavy atom. The zero-order chi connectivity index (χ0) is 8.70. The zero-order valence-electron chi connectivity index (χ0n) is 6.78. The molecular weight excluding hydrogens is 166 g/mol. The molecule has 0 aliphatic carbocycles. The minimum absolute atomic E-state index is 0.325. The summed E-state index contributed by atoms with van der Waals surface area (Å²) in [5.41, 5.74) is 0. The maximum atomic E-state index is 10.7. The average molecular weight is 179 g/mol. The molecule has 1 aliphatic rings. The maximum Gasteiger partial charge on any atom is 0.178 e. The molecule has 1 fully saturated rings. The van der Waals surface area contributed by atoms with Gasteiger partial charge in [0.05, 0.1) is 20.6 Å². The number of quaternary nitrogens is 1. The molecule has 1 saturated heterocycles. The highest BCUT2D eigenvalue weighted by Gasteiger charge is 2.38. The minimum Gasteiger partial charge on any atom is -0.743 e. The van der Waals surface area contributed by atoms with Gasteiger partial charge in [0.15, 0.2) is 5.37 Å². The molecule has 0 amide bonds. The van der Waals surface area contributed by atoms with Gasteiger partial charge in [-0.25, -0.2) is 8.42 Å². The molecule has 1 rings (SSSR count). The van der Waals surface area contributed by atoms with Crippen molar-refractivity contribution in [3.8, 4) is 0 Å². The van der Waals surface area contributed by atoms with Gasteiger partial charge in [0.25, 0.3) is 0 Å². The Kier molecular flexibility index (Phi) is 1.98. The number of rotatable bonds is 1. The van der Waals surface area contributed by atoms with E-state index in [1.807, 2.05) is 0 Å². The molecule has 1 unspecified atom stereocenters. The highest BCUT2D eigenvalue weighted by molar-refractivity contribution is 7.86. The quantitative estimate of drug-likeness (QED) is 0.411. The Morgan fingerprint density at radius 1 is 1.45 bits per heavy atom. The Hall–Kier alpha value is -0.130. The third kappa shape index (κ3) is 1.72. The van der Waals surface area contributed by atoms with Crippen LogP contribution in [-0.2, 0) is 10.1 Å². The Bertz CT molecular complexity index is 245. The molecule has 5 heteroatoms. The van der Waals surface area contributed by atoms with E-state index in [9.17, 15) is 13.0 Å². The fourth-order valence-electron chi connectivity index (χ4n) is 1.66. The van der Waals surface area contributed by atoms with Gasteiger partial charge in [-0.15, -0.1) is 0 Å². The van der Waals surface area contributed by atoms with E-state index in [1.54, 1.807) is 14.1 Å². The topological polar surface area (TPSA) is 57.2 Å². The normalized spacial score (nSPS) is 30.6. The first-order valence-electron chi connectivity index (χ1n) is 3.61. The second-order valence-electron chi connectivity index (χ2n) is 3.59. The van der Waals surface area contributed by atoms with Crippen LogP contribution in [0.5, 0.6) is 0 Å². The van der Waals surface area contributed by atoms with Crippen molar-refractivity contribution in [3.05, 3.63) is 0 Å². The predicted octanol–water partition coefficient (Wildman–Crippen LogP) is -0.272. The summed E-state index contributed by atoms with van der Waals surface area (Å²) in [6.07, 6.45) is 1.35. The molecular formula is C6H13NO3S. The second-order valence-corrected chi connectivity index (χ2v) is 5.12. The maximum absolute atomic E-state index is 10.7. The molecule has 0 spiro atoms.